The number of rotatable bonds is 3. The van der Waals surface area contributed by atoms with Crippen LogP contribution in [0.15, 0.2) is 42.5 Å². The average Bonchev–Trinajstić information content (AvgIpc) is 2.42. The van der Waals surface area contributed by atoms with E-state index in [1.165, 1.54) is 0 Å². The summed E-state index contributed by atoms with van der Waals surface area (Å²) in [7, 11) is 1.58. The van der Waals surface area contributed by atoms with Crippen molar-refractivity contribution in [3.63, 3.8) is 0 Å². The first kappa shape index (κ1) is 11.8. The number of hydrogen-bond donors (Lipinski definition) is 2. The van der Waals surface area contributed by atoms with Gasteiger partial charge in [-0.3, -0.25) is 0 Å². The lowest BCUT2D eigenvalue weighted by Gasteiger charge is -2.09. The minimum atomic E-state index is 0.600. The van der Waals surface area contributed by atoms with Gasteiger partial charge in [-0.1, -0.05) is 0 Å². The van der Waals surface area contributed by atoms with Gasteiger partial charge in [0.2, 0.25) is 0 Å². The molecule has 0 heterocycles. The summed E-state index contributed by atoms with van der Waals surface area (Å²) >= 11 is 0. The van der Waals surface area contributed by atoms with Gasteiger partial charge < -0.3 is 15.8 Å². The predicted molar refractivity (Wildman–Crippen MR) is 71.8 cm³/mol. The highest BCUT2D eigenvalue weighted by atomic mass is 16.5. The quantitative estimate of drug-likeness (QED) is 0.808. The van der Waals surface area contributed by atoms with Gasteiger partial charge >= 0.3 is 0 Å². The fourth-order valence-electron chi connectivity index (χ4n) is 1.58. The molecule has 2 rings (SSSR count). The maximum atomic E-state index is 8.72. The molecular formula is C14H13N3O. The first-order valence-electron chi connectivity index (χ1n) is 5.43. The Morgan fingerprint density at radius 3 is 2.39 bits per heavy atom. The number of nitriles is 1. The minimum Gasteiger partial charge on any atom is -0.495 e. The van der Waals surface area contributed by atoms with Crippen molar-refractivity contribution in [3.8, 4) is 11.8 Å². The number of nitrogens with zero attached hydrogens (tertiary/aromatic N) is 1. The van der Waals surface area contributed by atoms with Crippen molar-refractivity contribution < 1.29 is 4.74 Å². The molecule has 18 heavy (non-hydrogen) atoms. The summed E-state index contributed by atoms with van der Waals surface area (Å²) < 4.78 is 5.15. The van der Waals surface area contributed by atoms with Crippen LogP contribution in [0.2, 0.25) is 0 Å². The highest BCUT2D eigenvalue weighted by molar-refractivity contribution is 5.67. The highest BCUT2D eigenvalue weighted by Gasteiger charge is 2.01. The van der Waals surface area contributed by atoms with Gasteiger partial charge in [0, 0.05) is 17.4 Å². The van der Waals surface area contributed by atoms with Gasteiger partial charge in [0.1, 0.15) is 5.75 Å². The van der Waals surface area contributed by atoms with Crippen LogP contribution in [0.25, 0.3) is 0 Å². The molecule has 0 atom stereocenters. The number of hydrogen-bond acceptors (Lipinski definition) is 4. The van der Waals surface area contributed by atoms with Crippen LogP contribution in [0.3, 0.4) is 0 Å². The Balaban J connectivity index is 2.20. The maximum Gasteiger partial charge on any atom is 0.143 e. The molecule has 4 heteroatoms. The van der Waals surface area contributed by atoms with Crippen molar-refractivity contribution in [3.05, 3.63) is 48.0 Å². The lowest BCUT2D eigenvalue weighted by atomic mass is 10.2. The van der Waals surface area contributed by atoms with Gasteiger partial charge in [-0.15, -0.1) is 0 Å². The zero-order chi connectivity index (χ0) is 13.0. The molecule has 0 spiro atoms. The Hall–Kier alpha value is -2.67. The zero-order valence-corrected chi connectivity index (χ0v) is 9.97. The standard InChI is InChI=1S/C14H13N3O/c1-18-14-8-12(6-7-13(14)16)17-11-4-2-10(9-15)3-5-11/h2-8,17H,16H2,1H3. The summed E-state index contributed by atoms with van der Waals surface area (Å²) in [4.78, 5) is 0. The summed E-state index contributed by atoms with van der Waals surface area (Å²) in [6, 6.07) is 14.8. The van der Waals surface area contributed by atoms with Crippen LogP contribution in [0, 0.1) is 11.3 Å². The molecule has 0 aliphatic heterocycles. The van der Waals surface area contributed by atoms with Gasteiger partial charge in [0.25, 0.3) is 0 Å². The van der Waals surface area contributed by atoms with E-state index in [-0.39, 0.29) is 0 Å². The Bertz CT molecular complexity index is 585. The fraction of sp³-hybridized carbons (Fsp3) is 0.0714. The molecule has 2 aromatic rings. The molecule has 90 valence electrons. The number of methoxy groups -OCH3 is 1. The number of nitrogen functional groups attached to an aromatic ring is 1. The van der Waals surface area contributed by atoms with E-state index in [9.17, 15) is 0 Å². The average molecular weight is 239 g/mol. The van der Waals surface area contributed by atoms with Crippen LogP contribution >= 0.6 is 0 Å². The SMILES string of the molecule is COc1cc(Nc2ccc(C#N)cc2)ccc1N. The van der Waals surface area contributed by atoms with Gasteiger partial charge in [-0.2, -0.15) is 5.26 Å². The van der Waals surface area contributed by atoms with Crippen LogP contribution in [0.4, 0.5) is 17.1 Å². The molecule has 0 radical (unpaired) electrons. The topological polar surface area (TPSA) is 71.1 Å². The predicted octanol–water partition coefficient (Wildman–Crippen LogP) is 2.89. The maximum absolute atomic E-state index is 8.72. The summed E-state index contributed by atoms with van der Waals surface area (Å²) in [6.07, 6.45) is 0. The Kier molecular flexibility index (Phi) is 3.35. The third kappa shape index (κ3) is 2.53. The van der Waals surface area contributed by atoms with Crippen LogP contribution < -0.4 is 15.8 Å². The fourth-order valence-corrected chi connectivity index (χ4v) is 1.58. The number of anilines is 3. The number of nitrogens with one attached hydrogen (secondary N) is 1. The third-order valence-corrected chi connectivity index (χ3v) is 2.54. The van der Waals surface area contributed by atoms with Crippen molar-refractivity contribution in [1.82, 2.24) is 0 Å². The van der Waals surface area contributed by atoms with E-state index in [4.69, 9.17) is 15.7 Å². The van der Waals surface area contributed by atoms with Crippen LogP contribution in [-0.4, -0.2) is 7.11 Å². The summed E-state index contributed by atoms with van der Waals surface area (Å²) in [5, 5.41) is 11.9. The Morgan fingerprint density at radius 2 is 1.78 bits per heavy atom. The smallest absolute Gasteiger partial charge is 0.143 e. The van der Waals surface area contributed by atoms with Crippen LogP contribution in [-0.2, 0) is 0 Å². The molecule has 0 fully saturated rings. The zero-order valence-electron chi connectivity index (χ0n) is 9.97. The third-order valence-electron chi connectivity index (χ3n) is 2.54. The normalized spacial score (nSPS) is 9.56. The second-order valence-corrected chi connectivity index (χ2v) is 3.77. The molecule has 0 aliphatic carbocycles. The van der Waals surface area contributed by atoms with Crippen molar-refractivity contribution >= 4 is 17.1 Å². The molecule has 2 aromatic carbocycles. The van der Waals surface area contributed by atoms with Gasteiger partial charge in [-0.25, -0.2) is 0 Å². The van der Waals surface area contributed by atoms with Crippen LogP contribution in [0.1, 0.15) is 5.56 Å². The molecule has 0 unspecified atom stereocenters. The van der Waals surface area contributed by atoms with E-state index in [0.717, 1.165) is 11.4 Å². The van der Waals surface area contributed by atoms with Crippen molar-refractivity contribution in [2.45, 2.75) is 0 Å². The second kappa shape index (κ2) is 5.11. The van der Waals surface area contributed by atoms with Crippen LogP contribution in [0.5, 0.6) is 5.75 Å². The summed E-state index contributed by atoms with van der Waals surface area (Å²) in [5.74, 6) is 0.633. The van der Waals surface area contributed by atoms with E-state index in [0.29, 0.717) is 17.0 Å². The Morgan fingerprint density at radius 1 is 1.11 bits per heavy atom. The number of benzene rings is 2. The van der Waals surface area contributed by atoms with E-state index in [1.54, 1.807) is 25.3 Å². The van der Waals surface area contributed by atoms with Crippen molar-refractivity contribution in [1.29, 1.82) is 5.26 Å². The van der Waals surface area contributed by atoms with E-state index in [1.807, 2.05) is 24.3 Å². The largest absolute Gasteiger partial charge is 0.495 e. The van der Waals surface area contributed by atoms with E-state index < -0.39 is 0 Å². The molecule has 0 amide bonds. The van der Waals surface area contributed by atoms with Crippen molar-refractivity contribution in [2.24, 2.45) is 0 Å². The molecule has 0 bridgehead atoms. The monoisotopic (exact) mass is 239 g/mol. The molecule has 0 aromatic heterocycles. The molecule has 3 N–H and O–H groups in total. The van der Waals surface area contributed by atoms with Gasteiger partial charge in [0.15, 0.2) is 0 Å². The van der Waals surface area contributed by atoms with E-state index in [2.05, 4.69) is 11.4 Å². The highest BCUT2D eigenvalue weighted by Crippen LogP contribution is 2.27. The first-order valence-corrected chi connectivity index (χ1v) is 5.43. The minimum absolute atomic E-state index is 0.600. The van der Waals surface area contributed by atoms with Gasteiger partial charge in [-0.05, 0) is 36.4 Å². The molecule has 0 saturated carbocycles. The second-order valence-electron chi connectivity index (χ2n) is 3.77. The summed E-state index contributed by atoms with van der Waals surface area (Å²) in [5.41, 5.74) is 8.76. The molecule has 0 saturated heterocycles. The Labute approximate surface area is 106 Å². The first-order chi connectivity index (χ1) is 8.72. The number of ether oxygens (including phenoxy) is 1. The number of nitrogens with two attached hydrogens (primary N) is 1. The lowest BCUT2D eigenvalue weighted by Crippen LogP contribution is -1.95. The van der Waals surface area contributed by atoms with Gasteiger partial charge in [0.05, 0.1) is 24.4 Å². The molecular weight excluding hydrogens is 226 g/mol. The van der Waals surface area contributed by atoms with Crippen molar-refractivity contribution in [2.75, 3.05) is 18.2 Å². The van der Waals surface area contributed by atoms with E-state index >= 15 is 0 Å². The lowest BCUT2D eigenvalue weighted by molar-refractivity contribution is 0.417. The summed E-state index contributed by atoms with van der Waals surface area (Å²) in [6.45, 7) is 0. The molecule has 0 aliphatic rings. The molecule has 4 nitrogen and oxygen atoms in total.